The first kappa shape index (κ1) is 17.2. The standard InChI is InChI=1S/C16H29N3O3/c1-14(16(21)19-7-5-3-4-6-8-19)17-9-11-18(12-10-17)15(20)13-22-2/h14H,3-13H2,1-2H3. The molecule has 6 nitrogen and oxygen atoms in total. The predicted molar refractivity (Wildman–Crippen MR) is 84.5 cm³/mol. The van der Waals surface area contributed by atoms with Crippen molar-refractivity contribution in [3.8, 4) is 0 Å². The molecule has 2 heterocycles. The Balaban J connectivity index is 1.82. The van der Waals surface area contributed by atoms with Crippen LogP contribution >= 0.6 is 0 Å². The summed E-state index contributed by atoms with van der Waals surface area (Å²) in [6, 6.07) is -0.0854. The third-order valence-corrected chi connectivity index (χ3v) is 4.76. The molecule has 0 aromatic heterocycles. The maximum absolute atomic E-state index is 12.7. The third kappa shape index (κ3) is 4.43. The number of piperazine rings is 1. The number of hydrogen-bond acceptors (Lipinski definition) is 4. The number of methoxy groups -OCH3 is 1. The summed E-state index contributed by atoms with van der Waals surface area (Å²) >= 11 is 0. The summed E-state index contributed by atoms with van der Waals surface area (Å²) in [5.74, 6) is 0.284. The molecule has 0 radical (unpaired) electrons. The lowest BCUT2D eigenvalue weighted by atomic mass is 10.2. The minimum atomic E-state index is -0.0854. The number of carbonyl (C=O) groups is 2. The van der Waals surface area contributed by atoms with Gasteiger partial charge in [0.25, 0.3) is 0 Å². The third-order valence-electron chi connectivity index (χ3n) is 4.76. The summed E-state index contributed by atoms with van der Waals surface area (Å²) in [6.07, 6.45) is 4.71. The zero-order valence-corrected chi connectivity index (χ0v) is 13.9. The minimum absolute atomic E-state index is 0.0358. The number of likely N-dealkylation sites (tertiary alicyclic amines) is 1. The molecule has 2 aliphatic rings. The van der Waals surface area contributed by atoms with E-state index < -0.39 is 0 Å². The quantitative estimate of drug-likeness (QED) is 0.762. The van der Waals surface area contributed by atoms with Crippen LogP contribution in [0, 0.1) is 0 Å². The Morgan fingerprint density at radius 3 is 2.05 bits per heavy atom. The fourth-order valence-corrected chi connectivity index (χ4v) is 3.28. The molecule has 0 aromatic rings. The first-order valence-electron chi connectivity index (χ1n) is 8.43. The van der Waals surface area contributed by atoms with E-state index in [1.54, 1.807) is 0 Å². The van der Waals surface area contributed by atoms with Crippen LogP contribution in [0.4, 0.5) is 0 Å². The lowest BCUT2D eigenvalue weighted by molar-refractivity contribution is -0.140. The fourth-order valence-electron chi connectivity index (χ4n) is 3.28. The summed E-state index contributed by atoms with van der Waals surface area (Å²) in [5, 5.41) is 0. The van der Waals surface area contributed by atoms with Crippen LogP contribution in [0.3, 0.4) is 0 Å². The Morgan fingerprint density at radius 1 is 0.909 bits per heavy atom. The van der Waals surface area contributed by atoms with E-state index in [0.29, 0.717) is 13.1 Å². The van der Waals surface area contributed by atoms with Gasteiger partial charge in [0.05, 0.1) is 6.04 Å². The Bertz CT molecular complexity index is 373. The van der Waals surface area contributed by atoms with Crippen LogP contribution in [-0.2, 0) is 14.3 Å². The van der Waals surface area contributed by atoms with E-state index in [2.05, 4.69) is 4.90 Å². The summed E-state index contributed by atoms with van der Waals surface area (Å²) < 4.78 is 4.89. The highest BCUT2D eigenvalue weighted by molar-refractivity contribution is 5.81. The van der Waals surface area contributed by atoms with E-state index >= 15 is 0 Å². The summed E-state index contributed by atoms with van der Waals surface area (Å²) in [6.45, 7) is 6.82. The SMILES string of the molecule is COCC(=O)N1CCN(C(C)C(=O)N2CCCCCC2)CC1. The van der Waals surface area contributed by atoms with Gasteiger partial charge in [0, 0.05) is 46.4 Å². The van der Waals surface area contributed by atoms with Crippen molar-refractivity contribution < 1.29 is 14.3 Å². The molecule has 0 spiro atoms. The van der Waals surface area contributed by atoms with Crippen LogP contribution in [0.2, 0.25) is 0 Å². The smallest absolute Gasteiger partial charge is 0.248 e. The fraction of sp³-hybridized carbons (Fsp3) is 0.875. The molecule has 2 fully saturated rings. The van der Waals surface area contributed by atoms with Crippen LogP contribution < -0.4 is 0 Å². The van der Waals surface area contributed by atoms with Gasteiger partial charge in [-0.1, -0.05) is 12.8 Å². The van der Waals surface area contributed by atoms with E-state index in [-0.39, 0.29) is 24.5 Å². The number of carbonyl (C=O) groups excluding carboxylic acids is 2. The van der Waals surface area contributed by atoms with Gasteiger partial charge in [-0.25, -0.2) is 0 Å². The molecule has 0 bridgehead atoms. The Labute approximate surface area is 133 Å². The van der Waals surface area contributed by atoms with E-state index in [0.717, 1.165) is 39.0 Å². The highest BCUT2D eigenvalue weighted by Crippen LogP contribution is 2.14. The van der Waals surface area contributed by atoms with Crippen molar-refractivity contribution in [3.05, 3.63) is 0 Å². The van der Waals surface area contributed by atoms with Crippen molar-refractivity contribution in [3.63, 3.8) is 0 Å². The van der Waals surface area contributed by atoms with Crippen LogP contribution in [0.1, 0.15) is 32.6 Å². The molecule has 1 atom stereocenters. The second-order valence-corrected chi connectivity index (χ2v) is 6.27. The molecule has 22 heavy (non-hydrogen) atoms. The second kappa shape index (κ2) is 8.48. The second-order valence-electron chi connectivity index (χ2n) is 6.27. The lowest BCUT2D eigenvalue weighted by Crippen LogP contribution is -2.56. The van der Waals surface area contributed by atoms with Gasteiger partial charge in [-0.15, -0.1) is 0 Å². The molecule has 2 aliphatic heterocycles. The Hall–Kier alpha value is -1.14. The summed E-state index contributed by atoms with van der Waals surface area (Å²) in [4.78, 5) is 30.5. The molecule has 0 N–H and O–H groups in total. The molecular weight excluding hydrogens is 282 g/mol. The maximum atomic E-state index is 12.7. The van der Waals surface area contributed by atoms with Gasteiger partial charge in [0.2, 0.25) is 11.8 Å². The number of rotatable bonds is 4. The summed E-state index contributed by atoms with van der Waals surface area (Å²) in [5.41, 5.74) is 0. The largest absolute Gasteiger partial charge is 0.375 e. The molecule has 6 heteroatoms. The molecule has 0 saturated carbocycles. The average molecular weight is 311 g/mol. The number of nitrogens with zero attached hydrogens (tertiary/aromatic N) is 3. The monoisotopic (exact) mass is 311 g/mol. The molecule has 1 unspecified atom stereocenters. The van der Waals surface area contributed by atoms with Crippen molar-refractivity contribution in [1.29, 1.82) is 0 Å². The van der Waals surface area contributed by atoms with Crippen molar-refractivity contribution in [2.75, 3.05) is 53.0 Å². The number of hydrogen-bond donors (Lipinski definition) is 0. The van der Waals surface area contributed by atoms with Gasteiger partial charge in [-0.3, -0.25) is 14.5 Å². The molecule has 126 valence electrons. The Kier molecular flexibility index (Phi) is 6.64. The van der Waals surface area contributed by atoms with Crippen LogP contribution in [0.25, 0.3) is 0 Å². The normalized spacial score (nSPS) is 22.3. The first-order chi connectivity index (χ1) is 10.6. The van der Waals surface area contributed by atoms with Gasteiger partial charge in [0.1, 0.15) is 6.61 Å². The minimum Gasteiger partial charge on any atom is -0.375 e. The van der Waals surface area contributed by atoms with Crippen molar-refractivity contribution >= 4 is 11.8 Å². The van der Waals surface area contributed by atoms with Gasteiger partial charge in [0.15, 0.2) is 0 Å². The van der Waals surface area contributed by atoms with Crippen molar-refractivity contribution in [1.82, 2.24) is 14.7 Å². The molecule has 0 aliphatic carbocycles. The van der Waals surface area contributed by atoms with Crippen molar-refractivity contribution in [2.45, 2.75) is 38.6 Å². The van der Waals surface area contributed by atoms with Gasteiger partial charge in [-0.2, -0.15) is 0 Å². The molecule has 2 saturated heterocycles. The van der Waals surface area contributed by atoms with Crippen LogP contribution in [-0.4, -0.2) is 85.5 Å². The van der Waals surface area contributed by atoms with E-state index in [4.69, 9.17) is 4.74 Å². The van der Waals surface area contributed by atoms with Crippen LogP contribution in [0.5, 0.6) is 0 Å². The highest BCUT2D eigenvalue weighted by atomic mass is 16.5. The zero-order valence-electron chi connectivity index (χ0n) is 13.9. The zero-order chi connectivity index (χ0) is 15.9. The van der Waals surface area contributed by atoms with Crippen LogP contribution in [0.15, 0.2) is 0 Å². The predicted octanol–water partition coefficient (Wildman–Crippen LogP) is 0.568. The molecule has 0 aromatic carbocycles. The van der Waals surface area contributed by atoms with Gasteiger partial charge >= 0.3 is 0 Å². The van der Waals surface area contributed by atoms with E-state index in [1.165, 1.54) is 20.0 Å². The van der Waals surface area contributed by atoms with Crippen molar-refractivity contribution in [2.24, 2.45) is 0 Å². The molecular formula is C16H29N3O3. The number of ether oxygens (including phenoxy) is 1. The highest BCUT2D eigenvalue weighted by Gasteiger charge is 2.30. The maximum Gasteiger partial charge on any atom is 0.248 e. The molecule has 2 rings (SSSR count). The Morgan fingerprint density at radius 2 is 1.50 bits per heavy atom. The molecule has 2 amide bonds. The van der Waals surface area contributed by atoms with Gasteiger partial charge < -0.3 is 14.5 Å². The topological polar surface area (TPSA) is 53.1 Å². The average Bonchev–Trinajstić information content (AvgIpc) is 2.83. The first-order valence-corrected chi connectivity index (χ1v) is 8.43. The van der Waals surface area contributed by atoms with E-state index in [9.17, 15) is 9.59 Å². The summed E-state index contributed by atoms with van der Waals surface area (Å²) in [7, 11) is 1.54. The lowest BCUT2D eigenvalue weighted by Gasteiger charge is -2.38. The number of amides is 2. The van der Waals surface area contributed by atoms with E-state index in [1.807, 2.05) is 16.7 Å². The van der Waals surface area contributed by atoms with Gasteiger partial charge in [-0.05, 0) is 19.8 Å².